The summed E-state index contributed by atoms with van der Waals surface area (Å²) in [5, 5.41) is 13.6. The Bertz CT molecular complexity index is 626. The average molecular weight is 259 g/mol. The van der Waals surface area contributed by atoms with E-state index >= 15 is 0 Å². The standard InChI is InChI=1S/C11H9N5OS/c1-3-9(17-6-1)7-12-11-15-14-10(18-11)8-16-5-2-4-13-16/h1-7H,8H2/b12-7+. The van der Waals surface area contributed by atoms with E-state index in [-0.39, 0.29) is 0 Å². The van der Waals surface area contributed by atoms with Crippen molar-refractivity contribution in [2.24, 2.45) is 4.99 Å². The van der Waals surface area contributed by atoms with Crippen LogP contribution < -0.4 is 0 Å². The normalized spacial score (nSPS) is 11.3. The lowest BCUT2D eigenvalue weighted by molar-refractivity contribution is 0.560. The minimum Gasteiger partial charge on any atom is -0.463 e. The van der Waals surface area contributed by atoms with E-state index in [0.29, 0.717) is 17.4 Å². The van der Waals surface area contributed by atoms with Gasteiger partial charge in [-0.1, -0.05) is 11.3 Å². The Kier molecular flexibility index (Phi) is 2.97. The third-order valence-corrected chi connectivity index (χ3v) is 2.97. The fourth-order valence-electron chi connectivity index (χ4n) is 1.38. The van der Waals surface area contributed by atoms with E-state index in [1.165, 1.54) is 11.3 Å². The van der Waals surface area contributed by atoms with Gasteiger partial charge >= 0.3 is 0 Å². The lowest BCUT2D eigenvalue weighted by Gasteiger charge is -1.93. The number of furan rings is 1. The third-order valence-electron chi connectivity index (χ3n) is 2.16. The number of rotatable bonds is 4. The molecule has 0 atom stereocenters. The Labute approximate surface area is 107 Å². The van der Waals surface area contributed by atoms with E-state index in [1.54, 1.807) is 23.4 Å². The molecule has 0 spiro atoms. The van der Waals surface area contributed by atoms with Gasteiger partial charge in [0, 0.05) is 12.4 Å². The highest BCUT2D eigenvalue weighted by atomic mass is 32.1. The van der Waals surface area contributed by atoms with E-state index in [0.717, 1.165) is 5.01 Å². The first-order valence-corrected chi connectivity index (χ1v) is 6.09. The summed E-state index contributed by atoms with van der Waals surface area (Å²) in [5.41, 5.74) is 0. The van der Waals surface area contributed by atoms with Crippen LogP contribution in [0.3, 0.4) is 0 Å². The van der Waals surface area contributed by atoms with Crippen molar-refractivity contribution in [1.29, 1.82) is 0 Å². The zero-order chi connectivity index (χ0) is 12.2. The minimum absolute atomic E-state index is 0.605. The highest BCUT2D eigenvalue weighted by molar-refractivity contribution is 7.14. The molecule has 0 aliphatic heterocycles. The van der Waals surface area contributed by atoms with Gasteiger partial charge in [-0.2, -0.15) is 5.10 Å². The second kappa shape index (κ2) is 4.92. The summed E-state index contributed by atoms with van der Waals surface area (Å²) in [6, 6.07) is 5.51. The molecule has 18 heavy (non-hydrogen) atoms. The zero-order valence-electron chi connectivity index (χ0n) is 9.30. The van der Waals surface area contributed by atoms with Crippen LogP contribution in [0.25, 0.3) is 0 Å². The van der Waals surface area contributed by atoms with Crippen molar-refractivity contribution >= 4 is 22.7 Å². The van der Waals surface area contributed by atoms with Crippen LogP contribution in [-0.4, -0.2) is 26.2 Å². The highest BCUT2D eigenvalue weighted by Crippen LogP contribution is 2.19. The fraction of sp³-hybridized carbons (Fsp3) is 0.0909. The number of aromatic nitrogens is 4. The Hall–Kier alpha value is -2.28. The van der Waals surface area contributed by atoms with Gasteiger partial charge in [-0.15, -0.1) is 10.2 Å². The summed E-state index contributed by atoms with van der Waals surface area (Å²) >= 11 is 1.43. The fourth-order valence-corrected chi connectivity index (χ4v) is 2.05. The number of nitrogens with zero attached hydrogens (tertiary/aromatic N) is 5. The van der Waals surface area contributed by atoms with Crippen LogP contribution in [0.2, 0.25) is 0 Å². The maximum atomic E-state index is 5.14. The third kappa shape index (κ3) is 2.51. The van der Waals surface area contributed by atoms with Crippen LogP contribution in [0.15, 0.2) is 46.3 Å². The van der Waals surface area contributed by atoms with Gasteiger partial charge in [0.05, 0.1) is 19.0 Å². The van der Waals surface area contributed by atoms with Crippen LogP contribution >= 0.6 is 11.3 Å². The van der Waals surface area contributed by atoms with Crippen LogP contribution in [0.1, 0.15) is 10.8 Å². The molecule has 0 aromatic carbocycles. The lowest BCUT2D eigenvalue weighted by Crippen LogP contribution is -1.98. The van der Waals surface area contributed by atoms with Crippen molar-refractivity contribution in [1.82, 2.24) is 20.0 Å². The zero-order valence-corrected chi connectivity index (χ0v) is 10.1. The van der Waals surface area contributed by atoms with Gasteiger partial charge in [-0.05, 0) is 18.2 Å². The molecule has 0 saturated heterocycles. The molecule has 0 aliphatic carbocycles. The first kappa shape index (κ1) is 10.8. The van der Waals surface area contributed by atoms with Gasteiger partial charge in [0.15, 0.2) is 0 Å². The molecule has 0 unspecified atom stereocenters. The lowest BCUT2D eigenvalue weighted by atomic mass is 10.5. The molecular formula is C11H9N5OS. The molecule has 3 rings (SSSR count). The molecule has 90 valence electrons. The predicted octanol–water partition coefficient (Wildman–Crippen LogP) is 2.13. The summed E-state index contributed by atoms with van der Waals surface area (Å²) < 4.78 is 6.93. The first-order valence-electron chi connectivity index (χ1n) is 5.27. The Balaban J connectivity index is 1.70. The summed E-state index contributed by atoms with van der Waals surface area (Å²) in [4.78, 5) is 4.20. The van der Waals surface area contributed by atoms with Crippen LogP contribution in [0.4, 0.5) is 5.13 Å². The Morgan fingerprint density at radius 2 is 2.39 bits per heavy atom. The van der Waals surface area contributed by atoms with Gasteiger partial charge in [-0.3, -0.25) is 4.68 Å². The molecule has 3 aromatic rings. The van der Waals surface area contributed by atoms with Crippen molar-refractivity contribution in [2.75, 3.05) is 0 Å². The van der Waals surface area contributed by atoms with Crippen molar-refractivity contribution in [3.63, 3.8) is 0 Å². The van der Waals surface area contributed by atoms with Gasteiger partial charge in [-0.25, -0.2) is 4.99 Å². The molecule has 3 aromatic heterocycles. The van der Waals surface area contributed by atoms with E-state index in [4.69, 9.17) is 4.42 Å². The van der Waals surface area contributed by atoms with E-state index in [9.17, 15) is 0 Å². The molecule has 6 nitrogen and oxygen atoms in total. The van der Waals surface area contributed by atoms with E-state index in [2.05, 4.69) is 20.3 Å². The van der Waals surface area contributed by atoms with Crippen molar-refractivity contribution in [3.05, 3.63) is 47.6 Å². The molecule has 3 heterocycles. The summed E-state index contributed by atoms with van der Waals surface area (Å²) in [7, 11) is 0. The van der Waals surface area contributed by atoms with Crippen molar-refractivity contribution in [3.8, 4) is 0 Å². The predicted molar refractivity (Wildman–Crippen MR) is 67.2 cm³/mol. The van der Waals surface area contributed by atoms with Gasteiger partial charge in [0.1, 0.15) is 10.8 Å². The molecule has 0 bridgehead atoms. The maximum absolute atomic E-state index is 5.14. The summed E-state index contributed by atoms with van der Waals surface area (Å²) in [5.74, 6) is 0.693. The van der Waals surface area contributed by atoms with Crippen LogP contribution in [-0.2, 0) is 6.54 Å². The van der Waals surface area contributed by atoms with E-state index in [1.807, 2.05) is 24.4 Å². The topological polar surface area (TPSA) is 69.1 Å². The SMILES string of the molecule is C(=N\c1nnc(Cn2cccn2)s1)/c1ccco1. The van der Waals surface area contributed by atoms with Crippen molar-refractivity contribution < 1.29 is 4.42 Å². The minimum atomic E-state index is 0.605. The molecule has 7 heteroatoms. The molecule has 0 aliphatic rings. The molecule has 0 N–H and O–H groups in total. The monoisotopic (exact) mass is 259 g/mol. The van der Waals surface area contributed by atoms with Crippen LogP contribution in [0.5, 0.6) is 0 Å². The Morgan fingerprint density at radius 1 is 1.39 bits per heavy atom. The largest absolute Gasteiger partial charge is 0.463 e. The quantitative estimate of drug-likeness (QED) is 0.673. The average Bonchev–Trinajstić information content (AvgIpc) is 3.09. The van der Waals surface area contributed by atoms with Gasteiger partial charge in [0.25, 0.3) is 0 Å². The molecule has 0 saturated carbocycles. The molecule has 0 fully saturated rings. The first-order chi connectivity index (χ1) is 8.90. The van der Waals surface area contributed by atoms with Crippen molar-refractivity contribution in [2.45, 2.75) is 6.54 Å². The molecular weight excluding hydrogens is 250 g/mol. The van der Waals surface area contributed by atoms with Crippen LogP contribution in [0, 0.1) is 0 Å². The second-order valence-electron chi connectivity index (χ2n) is 3.46. The maximum Gasteiger partial charge on any atom is 0.231 e. The molecule has 0 amide bonds. The number of aliphatic imine (C=N–C) groups is 1. The summed E-state index contributed by atoms with van der Waals surface area (Å²) in [6.07, 6.45) is 6.84. The summed E-state index contributed by atoms with van der Waals surface area (Å²) in [6.45, 7) is 0.612. The smallest absolute Gasteiger partial charge is 0.231 e. The van der Waals surface area contributed by atoms with Gasteiger partial charge in [0.2, 0.25) is 5.13 Å². The van der Waals surface area contributed by atoms with Gasteiger partial charge < -0.3 is 4.42 Å². The number of hydrogen-bond acceptors (Lipinski definition) is 6. The second-order valence-corrected chi connectivity index (χ2v) is 4.50. The van der Waals surface area contributed by atoms with E-state index < -0.39 is 0 Å². The number of hydrogen-bond donors (Lipinski definition) is 0. The highest BCUT2D eigenvalue weighted by Gasteiger charge is 2.03. The Morgan fingerprint density at radius 3 is 3.17 bits per heavy atom. The molecule has 0 radical (unpaired) electrons.